The lowest BCUT2D eigenvalue weighted by molar-refractivity contribution is -0.143. The second-order valence-corrected chi connectivity index (χ2v) is 12.1. The van der Waals surface area contributed by atoms with E-state index in [0.29, 0.717) is 50.5 Å². The maximum Gasteiger partial charge on any atom is 0.251 e. The van der Waals surface area contributed by atoms with Crippen LogP contribution in [0.2, 0.25) is 0 Å². The van der Waals surface area contributed by atoms with E-state index in [0.717, 1.165) is 19.3 Å². The predicted molar refractivity (Wildman–Crippen MR) is 155 cm³/mol. The molecular weight excluding hydrogens is 514 g/mol. The van der Waals surface area contributed by atoms with E-state index >= 15 is 0 Å². The summed E-state index contributed by atoms with van der Waals surface area (Å²) in [6, 6.07) is 6.61. The van der Waals surface area contributed by atoms with Crippen LogP contribution in [0.4, 0.5) is 5.69 Å². The van der Waals surface area contributed by atoms with Gasteiger partial charge in [-0.2, -0.15) is 0 Å². The first-order chi connectivity index (χ1) is 18.9. The number of carbonyl (C=O) groups is 3. The number of aliphatic hydroxyl groups is 1. The molecule has 8 nitrogen and oxygen atoms in total. The molecular formula is C30H41N3O5S. The number of thioether (sulfide) groups is 1. The molecule has 1 aromatic rings. The van der Waals surface area contributed by atoms with Crippen LogP contribution in [0.3, 0.4) is 0 Å². The minimum Gasteiger partial charge on any atom is -0.497 e. The number of hydrogen-bond acceptors (Lipinski definition) is 6. The van der Waals surface area contributed by atoms with Crippen LogP contribution in [0.1, 0.15) is 39.0 Å². The number of rotatable bonds is 14. The van der Waals surface area contributed by atoms with Gasteiger partial charge in [0.2, 0.25) is 11.8 Å². The number of hydrogen-bond donors (Lipinski definition) is 1. The fraction of sp³-hybridized carbons (Fsp3) is 0.567. The van der Waals surface area contributed by atoms with Gasteiger partial charge in [0.1, 0.15) is 11.8 Å². The molecule has 39 heavy (non-hydrogen) atoms. The number of anilines is 1. The van der Waals surface area contributed by atoms with Gasteiger partial charge in [-0.25, -0.2) is 0 Å². The van der Waals surface area contributed by atoms with Gasteiger partial charge < -0.3 is 24.5 Å². The smallest absolute Gasteiger partial charge is 0.251 e. The van der Waals surface area contributed by atoms with E-state index in [1.807, 2.05) is 36.1 Å². The third-order valence-electron chi connectivity index (χ3n) is 8.24. The third kappa shape index (κ3) is 5.23. The molecule has 3 aliphatic heterocycles. The normalized spacial score (nSPS) is 26.8. The molecule has 0 aromatic heterocycles. The van der Waals surface area contributed by atoms with Crippen molar-refractivity contribution in [2.24, 2.45) is 11.8 Å². The molecule has 0 radical (unpaired) electrons. The first kappa shape index (κ1) is 29.2. The van der Waals surface area contributed by atoms with E-state index < -0.39 is 22.6 Å². The molecule has 1 N–H and O–H groups in total. The Labute approximate surface area is 236 Å². The Balaban J connectivity index is 1.73. The molecule has 212 valence electrons. The highest BCUT2D eigenvalue weighted by Gasteiger charge is 2.74. The number of amides is 3. The van der Waals surface area contributed by atoms with Crippen molar-refractivity contribution in [1.29, 1.82) is 0 Å². The Kier molecular flexibility index (Phi) is 9.43. The molecule has 3 saturated heterocycles. The number of likely N-dealkylation sites (tertiary alicyclic amines) is 1. The van der Waals surface area contributed by atoms with Crippen molar-refractivity contribution in [3.63, 3.8) is 0 Å². The van der Waals surface area contributed by atoms with Gasteiger partial charge in [-0.15, -0.1) is 24.9 Å². The summed E-state index contributed by atoms with van der Waals surface area (Å²) in [5, 5.41) is 9.42. The average molecular weight is 556 g/mol. The van der Waals surface area contributed by atoms with Gasteiger partial charge in [-0.05, 0) is 56.4 Å². The van der Waals surface area contributed by atoms with Gasteiger partial charge in [-0.3, -0.25) is 14.4 Å². The van der Waals surface area contributed by atoms with Crippen LogP contribution in [0.15, 0.2) is 49.6 Å². The lowest BCUT2D eigenvalue weighted by atomic mass is 9.70. The number of aliphatic hydroxyl groups excluding tert-OH is 1. The van der Waals surface area contributed by atoms with Crippen molar-refractivity contribution in [2.75, 3.05) is 44.8 Å². The summed E-state index contributed by atoms with van der Waals surface area (Å²) in [5.41, 5.74) is 0.702. The van der Waals surface area contributed by atoms with Crippen molar-refractivity contribution in [3.05, 3.63) is 49.6 Å². The Morgan fingerprint density at radius 2 is 1.90 bits per heavy atom. The van der Waals surface area contributed by atoms with Gasteiger partial charge in [0, 0.05) is 43.7 Å². The highest BCUT2D eigenvalue weighted by molar-refractivity contribution is 8.02. The van der Waals surface area contributed by atoms with Crippen molar-refractivity contribution in [1.82, 2.24) is 9.80 Å². The second kappa shape index (κ2) is 12.6. The zero-order chi connectivity index (χ0) is 28.2. The van der Waals surface area contributed by atoms with Crippen molar-refractivity contribution >= 4 is 35.2 Å². The van der Waals surface area contributed by atoms with Crippen LogP contribution in [-0.4, -0.2) is 88.6 Å². The van der Waals surface area contributed by atoms with E-state index in [1.165, 1.54) is 0 Å². The molecule has 3 aliphatic rings. The number of ether oxygens (including phenoxy) is 1. The number of fused-ring (bicyclic) bond motifs is 1. The molecule has 2 unspecified atom stereocenters. The molecule has 2 bridgehead atoms. The van der Waals surface area contributed by atoms with Gasteiger partial charge in [-0.1, -0.05) is 19.1 Å². The summed E-state index contributed by atoms with van der Waals surface area (Å²) in [4.78, 5) is 47.8. The van der Waals surface area contributed by atoms with E-state index in [2.05, 4.69) is 13.2 Å². The van der Waals surface area contributed by atoms with E-state index in [4.69, 9.17) is 4.74 Å². The van der Waals surface area contributed by atoms with E-state index in [1.54, 1.807) is 40.8 Å². The molecule has 1 spiro atoms. The van der Waals surface area contributed by atoms with Crippen LogP contribution in [0.25, 0.3) is 0 Å². The van der Waals surface area contributed by atoms with Crippen molar-refractivity contribution in [3.8, 4) is 5.75 Å². The highest BCUT2D eigenvalue weighted by Crippen LogP contribution is 2.66. The molecule has 3 fully saturated rings. The SMILES string of the molecule is C=CCN(CCC)C(=O)[C@@H]1[C@@H]2CCC3(S2)C(C(=O)N(CC=C)c2ccc(OC)cc2)N(CCCCO)C(=O)[C@H]13. The Hall–Kier alpha value is -2.78. The van der Waals surface area contributed by atoms with Crippen LogP contribution in [0.5, 0.6) is 5.75 Å². The molecule has 4 rings (SSSR count). The number of nitrogens with zero attached hydrogens (tertiary/aromatic N) is 3. The number of carbonyl (C=O) groups excluding carboxylic acids is 3. The molecule has 0 saturated carbocycles. The largest absolute Gasteiger partial charge is 0.497 e. The maximum absolute atomic E-state index is 14.5. The van der Waals surface area contributed by atoms with Gasteiger partial charge in [0.15, 0.2) is 0 Å². The highest BCUT2D eigenvalue weighted by atomic mass is 32.2. The lowest BCUT2D eigenvalue weighted by Gasteiger charge is -2.37. The first-order valence-electron chi connectivity index (χ1n) is 13.9. The summed E-state index contributed by atoms with van der Waals surface area (Å²) in [6.07, 6.45) is 6.89. The van der Waals surface area contributed by atoms with Crippen LogP contribution in [-0.2, 0) is 14.4 Å². The topological polar surface area (TPSA) is 90.4 Å². The number of benzene rings is 1. The molecule has 3 heterocycles. The van der Waals surface area contributed by atoms with Gasteiger partial charge >= 0.3 is 0 Å². The minimum absolute atomic E-state index is 0.00400. The fourth-order valence-electron chi connectivity index (χ4n) is 6.64. The molecule has 0 aliphatic carbocycles. The van der Waals surface area contributed by atoms with Crippen LogP contribution >= 0.6 is 11.8 Å². The summed E-state index contributed by atoms with van der Waals surface area (Å²) in [5.74, 6) is -0.569. The van der Waals surface area contributed by atoms with Gasteiger partial charge in [0.05, 0.1) is 23.7 Å². The van der Waals surface area contributed by atoms with E-state index in [9.17, 15) is 19.5 Å². The van der Waals surface area contributed by atoms with Crippen LogP contribution in [0, 0.1) is 11.8 Å². The Morgan fingerprint density at radius 3 is 2.51 bits per heavy atom. The Morgan fingerprint density at radius 1 is 1.18 bits per heavy atom. The third-order valence-corrected chi connectivity index (χ3v) is 10.2. The average Bonchev–Trinajstić information content (AvgIpc) is 3.58. The quantitative estimate of drug-likeness (QED) is 0.279. The van der Waals surface area contributed by atoms with Crippen LogP contribution < -0.4 is 9.64 Å². The van der Waals surface area contributed by atoms with Crippen molar-refractivity contribution in [2.45, 2.75) is 55.1 Å². The molecule has 3 amide bonds. The fourth-order valence-corrected chi connectivity index (χ4v) is 8.84. The minimum atomic E-state index is -0.692. The van der Waals surface area contributed by atoms with Crippen molar-refractivity contribution < 1.29 is 24.2 Å². The Bertz CT molecular complexity index is 1080. The first-order valence-corrected chi connectivity index (χ1v) is 14.8. The molecule has 1 aromatic carbocycles. The predicted octanol–water partition coefficient (Wildman–Crippen LogP) is 3.50. The molecule has 5 atom stereocenters. The summed E-state index contributed by atoms with van der Waals surface area (Å²) < 4.78 is 4.64. The summed E-state index contributed by atoms with van der Waals surface area (Å²) in [6.45, 7) is 11.5. The second-order valence-electron chi connectivity index (χ2n) is 10.5. The monoisotopic (exact) mass is 555 g/mol. The van der Waals surface area contributed by atoms with E-state index in [-0.39, 0.29) is 29.6 Å². The molecule has 9 heteroatoms. The number of methoxy groups -OCH3 is 1. The summed E-state index contributed by atoms with van der Waals surface area (Å²) in [7, 11) is 1.59. The zero-order valence-electron chi connectivity index (χ0n) is 23.1. The zero-order valence-corrected chi connectivity index (χ0v) is 23.9. The van der Waals surface area contributed by atoms with Gasteiger partial charge in [0.25, 0.3) is 5.91 Å². The summed E-state index contributed by atoms with van der Waals surface area (Å²) >= 11 is 1.68. The standard InChI is InChI=1S/C30H41N3O5S/c1-5-16-31(17-6-2)27(35)24-23-14-15-30(39-23)25(24)28(36)33(19-8-9-20-34)26(30)29(37)32(18-7-3)21-10-12-22(38-4)13-11-21/h5,7,10-13,23-26,34H,1,3,6,8-9,14-20H2,2,4H3/t23-,24+,25-,26?,30?/m0/s1. The lowest BCUT2D eigenvalue weighted by Crippen LogP contribution is -2.55. The number of unbranched alkanes of at least 4 members (excludes halogenated alkanes) is 1. The maximum atomic E-state index is 14.5.